The van der Waals surface area contributed by atoms with Crippen LogP contribution in [0, 0.1) is 0 Å². The maximum absolute atomic E-state index is 9.54. The molecule has 0 heterocycles. The highest BCUT2D eigenvalue weighted by Gasteiger charge is 2.06. The van der Waals surface area contributed by atoms with Gasteiger partial charge in [-0.2, -0.15) is 5.10 Å². The maximum atomic E-state index is 9.54. The fourth-order valence-electron chi connectivity index (χ4n) is 1.09. The van der Waals surface area contributed by atoms with Gasteiger partial charge in [0.1, 0.15) is 0 Å². The van der Waals surface area contributed by atoms with E-state index >= 15 is 0 Å². The van der Waals surface area contributed by atoms with Gasteiger partial charge in [0.25, 0.3) is 0 Å². The number of hydrazone groups is 1. The van der Waals surface area contributed by atoms with Gasteiger partial charge in [0.2, 0.25) is 0 Å². The van der Waals surface area contributed by atoms with E-state index in [2.05, 4.69) is 10.5 Å². The van der Waals surface area contributed by atoms with Crippen LogP contribution in [-0.4, -0.2) is 24.0 Å². The number of ether oxygens (including phenoxy) is 1. The molecule has 4 heteroatoms. The van der Waals surface area contributed by atoms with Crippen molar-refractivity contribution in [3.05, 3.63) is 23.8 Å². The first-order valence-electron chi connectivity index (χ1n) is 5.09. The lowest BCUT2D eigenvalue weighted by Crippen LogP contribution is -2.31. The number of phenolic OH excluding ortho intramolecular Hbond substituents is 1. The molecule has 16 heavy (non-hydrogen) atoms. The number of phenols is 1. The van der Waals surface area contributed by atoms with Crippen molar-refractivity contribution in [2.45, 2.75) is 26.3 Å². The third kappa shape index (κ3) is 3.81. The Morgan fingerprint density at radius 2 is 2.06 bits per heavy atom. The number of benzene rings is 1. The van der Waals surface area contributed by atoms with Gasteiger partial charge in [-0.15, -0.1) is 0 Å². The van der Waals surface area contributed by atoms with Crippen molar-refractivity contribution in [3.8, 4) is 11.5 Å². The zero-order valence-corrected chi connectivity index (χ0v) is 10.1. The number of nitrogens with zero attached hydrogens (tertiary/aromatic N) is 1. The van der Waals surface area contributed by atoms with Crippen LogP contribution in [-0.2, 0) is 0 Å². The van der Waals surface area contributed by atoms with E-state index in [0.29, 0.717) is 5.75 Å². The summed E-state index contributed by atoms with van der Waals surface area (Å²) in [5.41, 5.74) is 3.73. The molecule has 0 fully saturated rings. The van der Waals surface area contributed by atoms with Crippen LogP contribution in [0.15, 0.2) is 23.3 Å². The van der Waals surface area contributed by atoms with E-state index in [1.807, 2.05) is 26.8 Å². The Bertz CT molecular complexity index is 381. The lowest BCUT2D eigenvalue weighted by atomic mass is 10.1. The number of hydrogen-bond acceptors (Lipinski definition) is 4. The molecule has 4 nitrogen and oxygen atoms in total. The maximum Gasteiger partial charge on any atom is 0.160 e. The predicted octanol–water partition coefficient (Wildman–Crippen LogP) is 2.12. The average Bonchev–Trinajstić information content (AvgIpc) is 2.16. The van der Waals surface area contributed by atoms with Crippen molar-refractivity contribution in [1.29, 1.82) is 0 Å². The van der Waals surface area contributed by atoms with Crippen LogP contribution in [0.3, 0.4) is 0 Å². The molecule has 0 bridgehead atoms. The summed E-state index contributed by atoms with van der Waals surface area (Å²) in [4.78, 5) is 0. The number of nitrogens with one attached hydrogen (secondary N) is 1. The van der Waals surface area contributed by atoms with Crippen LogP contribution in [0.4, 0.5) is 0 Å². The third-order valence-electron chi connectivity index (χ3n) is 1.82. The fourth-order valence-corrected chi connectivity index (χ4v) is 1.09. The van der Waals surface area contributed by atoms with E-state index in [4.69, 9.17) is 4.74 Å². The Balaban J connectivity index is 2.72. The van der Waals surface area contributed by atoms with Gasteiger partial charge in [0, 0.05) is 5.54 Å². The molecular formula is C12H18N2O2. The van der Waals surface area contributed by atoms with Crippen LogP contribution < -0.4 is 10.2 Å². The first-order valence-corrected chi connectivity index (χ1v) is 5.09. The summed E-state index contributed by atoms with van der Waals surface area (Å²) in [5.74, 6) is 0.572. The van der Waals surface area contributed by atoms with Crippen LogP contribution >= 0.6 is 0 Å². The Kier molecular flexibility index (Phi) is 3.77. The Labute approximate surface area is 95.9 Å². The van der Waals surface area contributed by atoms with Crippen molar-refractivity contribution in [3.63, 3.8) is 0 Å². The first kappa shape index (κ1) is 12.4. The topological polar surface area (TPSA) is 53.8 Å². The Hall–Kier alpha value is -1.71. The van der Waals surface area contributed by atoms with Crippen LogP contribution in [0.2, 0.25) is 0 Å². The molecule has 2 N–H and O–H groups in total. The second-order valence-corrected chi connectivity index (χ2v) is 4.55. The summed E-state index contributed by atoms with van der Waals surface area (Å²) in [6.07, 6.45) is 1.66. The smallest absolute Gasteiger partial charge is 0.160 e. The third-order valence-corrected chi connectivity index (χ3v) is 1.82. The second-order valence-electron chi connectivity index (χ2n) is 4.55. The molecule has 88 valence electrons. The van der Waals surface area contributed by atoms with Gasteiger partial charge >= 0.3 is 0 Å². The number of hydrogen-bond donors (Lipinski definition) is 2. The highest BCUT2D eigenvalue weighted by Crippen LogP contribution is 2.25. The van der Waals surface area contributed by atoms with E-state index in [0.717, 1.165) is 5.56 Å². The van der Waals surface area contributed by atoms with E-state index < -0.39 is 0 Å². The van der Waals surface area contributed by atoms with Gasteiger partial charge < -0.3 is 15.3 Å². The highest BCUT2D eigenvalue weighted by molar-refractivity contribution is 5.80. The van der Waals surface area contributed by atoms with Gasteiger partial charge in [-0.1, -0.05) is 0 Å². The minimum absolute atomic E-state index is 0.0645. The zero-order chi connectivity index (χ0) is 12.2. The van der Waals surface area contributed by atoms with Crippen molar-refractivity contribution in [2.75, 3.05) is 7.11 Å². The Morgan fingerprint density at radius 3 is 2.56 bits per heavy atom. The van der Waals surface area contributed by atoms with E-state index in [1.165, 1.54) is 7.11 Å². The lowest BCUT2D eigenvalue weighted by molar-refractivity contribution is 0.373. The minimum atomic E-state index is -0.0645. The molecule has 0 saturated heterocycles. The molecule has 1 aromatic carbocycles. The molecule has 0 aliphatic heterocycles. The summed E-state index contributed by atoms with van der Waals surface area (Å²) in [7, 11) is 1.52. The van der Waals surface area contributed by atoms with E-state index in [1.54, 1.807) is 18.3 Å². The summed E-state index contributed by atoms with van der Waals surface area (Å²) in [6, 6.07) is 5.13. The molecular weight excluding hydrogens is 204 g/mol. The average molecular weight is 222 g/mol. The van der Waals surface area contributed by atoms with Crippen molar-refractivity contribution in [1.82, 2.24) is 5.43 Å². The van der Waals surface area contributed by atoms with Crippen molar-refractivity contribution < 1.29 is 9.84 Å². The summed E-state index contributed by atoms with van der Waals surface area (Å²) in [6.45, 7) is 6.07. The quantitative estimate of drug-likeness (QED) is 0.608. The summed E-state index contributed by atoms with van der Waals surface area (Å²) >= 11 is 0. The number of methoxy groups -OCH3 is 1. The van der Waals surface area contributed by atoms with Crippen LogP contribution in [0.1, 0.15) is 26.3 Å². The number of aromatic hydroxyl groups is 1. The molecule has 0 saturated carbocycles. The molecule has 0 aliphatic carbocycles. The molecule has 1 rings (SSSR count). The van der Waals surface area contributed by atoms with Crippen LogP contribution in [0.25, 0.3) is 0 Å². The molecule has 0 unspecified atom stereocenters. The Morgan fingerprint density at radius 1 is 1.38 bits per heavy atom. The summed E-state index contributed by atoms with van der Waals surface area (Å²) < 4.78 is 4.95. The van der Waals surface area contributed by atoms with Gasteiger partial charge in [-0.25, -0.2) is 0 Å². The van der Waals surface area contributed by atoms with Crippen molar-refractivity contribution >= 4 is 6.21 Å². The highest BCUT2D eigenvalue weighted by atomic mass is 16.5. The molecule has 0 aromatic heterocycles. The molecule has 0 amide bonds. The van der Waals surface area contributed by atoms with Gasteiger partial charge in [0.05, 0.1) is 13.3 Å². The minimum Gasteiger partial charge on any atom is -0.504 e. The molecule has 0 spiro atoms. The SMILES string of the molecule is COc1ccc(C=NNC(C)(C)C)cc1O. The zero-order valence-electron chi connectivity index (χ0n) is 10.1. The monoisotopic (exact) mass is 222 g/mol. The first-order chi connectivity index (χ1) is 7.42. The number of rotatable bonds is 3. The molecule has 0 radical (unpaired) electrons. The van der Waals surface area contributed by atoms with Gasteiger partial charge in [-0.3, -0.25) is 0 Å². The normalized spacial score (nSPS) is 11.8. The van der Waals surface area contributed by atoms with Crippen molar-refractivity contribution in [2.24, 2.45) is 5.10 Å². The fraction of sp³-hybridized carbons (Fsp3) is 0.417. The summed E-state index contributed by atoms with van der Waals surface area (Å²) in [5, 5.41) is 13.6. The van der Waals surface area contributed by atoms with Gasteiger partial charge in [0.15, 0.2) is 11.5 Å². The standard InChI is InChI=1S/C12H18N2O2/c1-12(2,3)14-13-8-9-5-6-11(16-4)10(15)7-9/h5-8,14-15H,1-4H3. The molecule has 1 aromatic rings. The van der Waals surface area contributed by atoms with Crippen LogP contribution in [0.5, 0.6) is 11.5 Å². The predicted molar refractivity (Wildman–Crippen MR) is 65.1 cm³/mol. The van der Waals surface area contributed by atoms with E-state index in [9.17, 15) is 5.11 Å². The van der Waals surface area contributed by atoms with Gasteiger partial charge in [-0.05, 0) is 44.5 Å². The second kappa shape index (κ2) is 4.88. The molecule has 0 atom stereocenters. The van der Waals surface area contributed by atoms with E-state index in [-0.39, 0.29) is 11.3 Å². The largest absolute Gasteiger partial charge is 0.504 e. The molecule has 0 aliphatic rings. The lowest BCUT2D eigenvalue weighted by Gasteiger charge is -2.16.